The molecule has 170 valence electrons. The number of hydrogen-bond acceptors (Lipinski definition) is 7. The van der Waals surface area contributed by atoms with Crippen molar-refractivity contribution < 1.29 is 17.9 Å². The van der Waals surface area contributed by atoms with Crippen LogP contribution in [0.3, 0.4) is 0 Å². The van der Waals surface area contributed by atoms with Crippen LogP contribution in [0.15, 0.2) is 57.1 Å². The highest BCUT2D eigenvalue weighted by Gasteiger charge is 2.32. The molecule has 8 nitrogen and oxygen atoms in total. The number of amides is 1. The molecule has 33 heavy (non-hydrogen) atoms. The van der Waals surface area contributed by atoms with Gasteiger partial charge in [0.15, 0.2) is 5.13 Å². The maximum absolute atomic E-state index is 12.9. The van der Waals surface area contributed by atoms with Crippen molar-refractivity contribution in [2.75, 3.05) is 23.9 Å². The van der Waals surface area contributed by atoms with E-state index in [4.69, 9.17) is 4.74 Å². The molecule has 3 aromatic rings. The third-order valence-electron chi connectivity index (χ3n) is 5.72. The van der Waals surface area contributed by atoms with E-state index >= 15 is 0 Å². The van der Waals surface area contributed by atoms with Crippen molar-refractivity contribution in [3.63, 3.8) is 0 Å². The average molecular weight is 483 g/mol. The van der Waals surface area contributed by atoms with Gasteiger partial charge >= 0.3 is 0 Å². The Kier molecular flexibility index (Phi) is 5.63. The van der Waals surface area contributed by atoms with Gasteiger partial charge in [0.1, 0.15) is 16.5 Å². The molecule has 0 radical (unpaired) electrons. The fourth-order valence-corrected chi connectivity index (χ4v) is 6.01. The van der Waals surface area contributed by atoms with Crippen molar-refractivity contribution in [1.29, 1.82) is 0 Å². The second kappa shape index (κ2) is 8.60. The average Bonchev–Trinajstić information content (AvgIpc) is 3.16. The maximum atomic E-state index is 12.9. The summed E-state index contributed by atoms with van der Waals surface area (Å²) in [6, 6.07) is 12.2. The number of sulfonamides is 1. The summed E-state index contributed by atoms with van der Waals surface area (Å²) in [7, 11) is -2.24. The van der Waals surface area contributed by atoms with Crippen molar-refractivity contribution >= 4 is 43.9 Å². The molecule has 0 aliphatic carbocycles. The first-order valence-corrected chi connectivity index (χ1v) is 12.9. The van der Waals surface area contributed by atoms with Crippen molar-refractivity contribution in [2.24, 2.45) is 4.40 Å². The summed E-state index contributed by atoms with van der Waals surface area (Å²) >= 11 is 1.30. The second-order valence-corrected chi connectivity index (χ2v) is 10.3. The van der Waals surface area contributed by atoms with E-state index in [1.807, 2.05) is 34.5 Å². The first-order chi connectivity index (χ1) is 15.9. The van der Waals surface area contributed by atoms with Crippen LogP contribution in [0.1, 0.15) is 36.0 Å². The predicted octanol–water partition coefficient (Wildman–Crippen LogP) is 4.55. The molecule has 0 spiro atoms. The zero-order valence-electron chi connectivity index (χ0n) is 17.9. The monoisotopic (exact) mass is 482 g/mol. The first kappa shape index (κ1) is 21.6. The van der Waals surface area contributed by atoms with Gasteiger partial charge in [0.25, 0.3) is 15.9 Å². The zero-order valence-corrected chi connectivity index (χ0v) is 19.6. The molecule has 1 aromatic heterocycles. The van der Waals surface area contributed by atoms with Gasteiger partial charge in [-0.25, -0.2) is 4.98 Å². The Morgan fingerprint density at radius 3 is 2.73 bits per heavy atom. The Hall–Kier alpha value is -3.24. The maximum Gasteiger partial charge on any atom is 0.286 e. The number of thiazole rings is 1. The van der Waals surface area contributed by atoms with Crippen LogP contribution < -0.4 is 15.0 Å². The molecule has 0 atom stereocenters. The fraction of sp³-hybridized carbons (Fsp3) is 0.261. The third kappa shape index (κ3) is 4.23. The summed E-state index contributed by atoms with van der Waals surface area (Å²) in [5.74, 6) is 0.918. The molecule has 0 bridgehead atoms. The lowest BCUT2D eigenvalue weighted by atomic mass is 10.1. The number of nitrogens with one attached hydrogen (secondary N) is 1. The largest absolute Gasteiger partial charge is 0.497 e. The summed E-state index contributed by atoms with van der Waals surface area (Å²) in [4.78, 5) is 19.4. The van der Waals surface area contributed by atoms with Crippen LogP contribution in [0.2, 0.25) is 0 Å². The van der Waals surface area contributed by atoms with Gasteiger partial charge < -0.3 is 9.64 Å². The van der Waals surface area contributed by atoms with Crippen LogP contribution in [-0.4, -0.2) is 38.8 Å². The van der Waals surface area contributed by atoms with Crippen molar-refractivity contribution in [1.82, 2.24) is 4.98 Å². The molecule has 5 rings (SSSR count). The minimum atomic E-state index is -3.85. The van der Waals surface area contributed by atoms with E-state index in [2.05, 4.69) is 14.7 Å². The van der Waals surface area contributed by atoms with E-state index in [-0.39, 0.29) is 10.5 Å². The smallest absolute Gasteiger partial charge is 0.286 e. The molecule has 1 fully saturated rings. The Morgan fingerprint density at radius 2 is 1.94 bits per heavy atom. The van der Waals surface area contributed by atoms with E-state index in [0.29, 0.717) is 23.1 Å². The van der Waals surface area contributed by atoms with Gasteiger partial charge in [0.05, 0.1) is 18.5 Å². The van der Waals surface area contributed by atoms with E-state index in [1.165, 1.54) is 17.4 Å². The van der Waals surface area contributed by atoms with Crippen LogP contribution in [0.25, 0.3) is 11.3 Å². The predicted molar refractivity (Wildman–Crippen MR) is 129 cm³/mol. The van der Waals surface area contributed by atoms with Gasteiger partial charge in [-0.3, -0.25) is 10.1 Å². The number of hydrogen-bond donors (Lipinski definition) is 1. The van der Waals surface area contributed by atoms with Crippen LogP contribution in [0.5, 0.6) is 5.75 Å². The van der Waals surface area contributed by atoms with Crippen molar-refractivity contribution in [2.45, 2.75) is 30.6 Å². The number of amidine groups is 1. The number of aromatic nitrogens is 1. The summed E-state index contributed by atoms with van der Waals surface area (Å²) in [6.07, 6.45) is 3.58. The van der Waals surface area contributed by atoms with Crippen LogP contribution in [0.4, 0.5) is 10.8 Å². The number of nitrogens with zero attached hydrogens (tertiary/aromatic N) is 3. The number of benzene rings is 2. The minimum Gasteiger partial charge on any atom is -0.497 e. The molecule has 2 aliphatic heterocycles. The molecule has 2 aliphatic rings. The molecule has 0 unspecified atom stereocenters. The lowest BCUT2D eigenvalue weighted by Gasteiger charge is -2.29. The lowest BCUT2D eigenvalue weighted by Crippen LogP contribution is -2.35. The van der Waals surface area contributed by atoms with Crippen molar-refractivity contribution in [3.05, 3.63) is 53.4 Å². The molecular formula is C23H22N4O4S2. The normalized spacial score (nSPS) is 16.8. The highest BCUT2D eigenvalue weighted by atomic mass is 32.2. The number of ether oxygens (including phenoxy) is 1. The van der Waals surface area contributed by atoms with E-state index in [9.17, 15) is 13.2 Å². The van der Waals surface area contributed by atoms with Gasteiger partial charge in [-0.15, -0.1) is 15.7 Å². The van der Waals surface area contributed by atoms with Crippen LogP contribution in [0, 0.1) is 0 Å². The molecule has 1 N–H and O–H groups in total. The lowest BCUT2D eigenvalue weighted by molar-refractivity contribution is 0.102. The number of carbonyl (C=O) groups is 1. The van der Waals surface area contributed by atoms with Crippen molar-refractivity contribution in [3.8, 4) is 17.0 Å². The minimum absolute atomic E-state index is 0.0684. The van der Waals surface area contributed by atoms with Gasteiger partial charge in [0, 0.05) is 29.5 Å². The van der Waals surface area contributed by atoms with E-state index in [0.717, 1.165) is 42.8 Å². The van der Waals surface area contributed by atoms with E-state index < -0.39 is 15.9 Å². The van der Waals surface area contributed by atoms with Crippen LogP contribution >= 0.6 is 11.3 Å². The highest BCUT2D eigenvalue weighted by molar-refractivity contribution is 7.90. The number of carbonyl (C=O) groups excluding carboxylic acids is 1. The second-order valence-electron chi connectivity index (χ2n) is 7.85. The molecule has 1 amide bonds. The SMILES string of the molecule is COc1ccc(-c2csc(NC(=O)c3ccc4c(c3)S(=O)(=O)N=C3CCCCCN34)n2)cc1. The Morgan fingerprint density at radius 1 is 1.12 bits per heavy atom. The number of methoxy groups -OCH3 is 1. The summed E-state index contributed by atoms with van der Waals surface area (Å²) < 4.78 is 34.8. The zero-order chi connectivity index (χ0) is 23.0. The Labute approximate surface area is 196 Å². The summed E-state index contributed by atoms with van der Waals surface area (Å²) in [5, 5.41) is 5.05. The molecular weight excluding hydrogens is 460 g/mol. The molecule has 1 saturated heterocycles. The summed E-state index contributed by atoms with van der Waals surface area (Å²) in [6.45, 7) is 0.722. The van der Waals surface area contributed by atoms with Gasteiger partial charge in [-0.1, -0.05) is 6.42 Å². The standard InChI is InChI=1S/C23H22N4O4S2/c1-31-17-9-6-15(7-10-17)18-14-32-23(24-18)25-22(28)16-8-11-19-20(13-16)33(29,30)26-21-5-3-2-4-12-27(19)21/h6-11,13-14H,2-5,12H2,1H3,(H,24,25,28). The third-order valence-corrected chi connectivity index (χ3v) is 7.81. The van der Waals surface area contributed by atoms with Gasteiger partial charge in [-0.2, -0.15) is 8.42 Å². The van der Waals surface area contributed by atoms with E-state index in [1.54, 1.807) is 19.2 Å². The first-order valence-electron chi connectivity index (χ1n) is 10.6. The van der Waals surface area contributed by atoms with Gasteiger partial charge in [0.2, 0.25) is 0 Å². The highest BCUT2D eigenvalue weighted by Crippen LogP contribution is 2.35. The topological polar surface area (TPSA) is 101 Å². The molecule has 2 aromatic carbocycles. The number of fused-ring (bicyclic) bond motifs is 3. The molecule has 0 saturated carbocycles. The van der Waals surface area contributed by atoms with Crippen LogP contribution in [-0.2, 0) is 10.0 Å². The Bertz CT molecular complexity index is 1350. The molecule has 10 heteroatoms. The quantitative estimate of drug-likeness (QED) is 0.585. The fourth-order valence-electron chi connectivity index (χ4n) is 4.02. The van der Waals surface area contributed by atoms with Gasteiger partial charge in [-0.05, 0) is 55.3 Å². The number of rotatable bonds is 4. The molecule has 3 heterocycles. The Balaban J connectivity index is 1.38. The summed E-state index contributed by atoms with van der Waals surface area (Å²) in [5.41, 5.74) is 2.47. The number of anilines is 2.